The summed E-state index contributed by atoms with van der Waals surface area (Å²) in [5.41, 5.74) is 2.14. The van der Waals surface area contributed by atoms with E-state index in [2.05, 4.69) is 17.1 Å². The number of carbonyl (C=O) groups is 1. The molecule has 1 fully saturated rings. The van der Waals surface area contributed by atoms with Crippen LogP contribution >= 0.6 is 11.8 Å². The van der Waals surface area contributed by atoms with Gasteiger partial charge in [0.25, 0.3) is 0 Å². The van der Waals surface area contributed by atoms with Crippen LogP contribution in [-0.2, 0) is 11.2 Å². The second kappa shape index (κ2) is 5.45. The topological polar surface area (TPSA) is 33.2 Å². The van der Waals surface area contributed by atoms with Gasteiger partial charge < -0.3 is 0 Å². The number of hydrogen-bond donors (Lipinski definition) is 0. The normalized spacial score (nSPS) is 18.8. The van der Waals surface area contributed by atoms with E-state index >= 15 is 0 Å². The first-order valence-electron chi connectivity index (χ1n) is 6.22. The Kier molecular flexibility index (Phi) is 3.51. The van der Waals surface area contributed by atoms with Crippen LogP contribution in [0.4, 0.5) is 5.69 Å². The van der Waals surface area contributed by atoms with Gasteiger partial charge >= 0.3 is 0 Å². The summed E-state index contributed by atoms with van der Waals surface area (Å²) >= 11 is 1.70. The molecule has 1 aliphatic heterocycles. The molecule has 1 saturated heterocycles. The van der Waals surface area contributed by atoms with Crippen molar-refractivity contribution >= 4 is 23.4 Å². The highest BCUT2D eigenvalue weighted by Gasteiger charge is 2.32. The molecule has 0 aliphatic carbocycles. The number of aromatic nitrogens is 1. The molecule has 1 aromatic heterocycles. The Balaban J connectivity index is 1.83. The van der Waals surface area contributed by atoms with Gasteiger partial charge in [0.05, 0.1) is 23.0 Å². The summed E-state index contributed by atoms with van der Waals surface area (Å²) in [4.78, 5) is 18.0. The highest BCUT2D eigenvalue weighted by atomic mass is 32.2. The largest absolute Gasteiger partial charge is 0.297 e. The number of amides is 1. The molecule has 19 heavy (non-hydrogen) atoms. The highest BCUT2D eigenvalue weighted by molar-refractivity contribution is 8.01. The average molecular weight is 270 g/mol. The van der Waals surface area contributed by atoms with Crippen LogP contribution in [0.3, 0.4) is 0 Å². The van der Waals surface area contributed by atoms with E-state index in [9.17, 15) is 4.79 Å². The number of thioether (sulfide) groups is 1. The number of carbonyl (C=O) groups excluding carboxylic acids is 1. The van der Waals surface area contributed by atoms with Crippen LogP contribution in [0.1, 0.15) is 5.56 Å². The molecule has 0 unspecified atom stereocenters. The molecule has 2 aromatic rings. The zero-order valence-corrected chi connectivity index (χ0v) is 11.2. The lowest BCUT2D eigenvalue weighted by Crippen LogP contribution is -2.34. The summed E-state index contributed by atoms with van der Waals surface area (Å²) in [6.07, 6.45) is 4.34. The zero-order valence-electron chi connectivity index (χ0n) is 10.4. The molecule has 4 heteroatoms. The molecule has 0 radical (unpaired) electrons. The van der Waals surface area contributed by atoms with Crippen molar-refractivity contribution in [2.75, 3.05) is 10.7 Å². The number of anilines is 1. The van der Waals surface area contributed by atoms with Crippen LogP contribution in [0.25, 0.3) is 0 Å². The Morgan fingerprint density at radius 3 is 2.79 bits per heavy atom. The minimum absolute atomic E-state index is 0.166. The van der Waals surface area contributed by atoms with Crippen molar-refractivity contribution in [2.45, 2.75) is 11.8 Å². The van der Waals surface area contributed by atoms with Gasteiger partial charge in [0.15, 0.2) is 0 Å². The third kappa shape index (κ3) is 2.63. The van der Waals surface area contributed by atoms with Crippen molar-refractivity contribution in [3.8, 4) is 0 Å². The van der Waals surface area contributed by atoms with Crippen LogP contribution < -0.4 is 4.90 Å². The van der Waals surface area contributed by atoms with Gasteiger partial charge in [-0.1, -0.05) is 30.3 Å². The molecule has 1 aliphatic rings. The quantitative estimate of drug-likeness (QED) is 0.860. The van der Waals surface area contributed by atoms with E-state index < -0.39 is 0 Å². The molecule has 1 amide bonds. The van der Waals surface area contributed by atoms with E-state index in [1.807, 2.05) is 35.2 Å². The predicted molar refractivity (Wildman–Crippen MR) is 78.1 cm³/mol. The Labute approximate surface area is 116 Å². The second-order valence-corrected chi connectivity index (χ2v) is 5.60. The summed E-state index contributed by atoms with van der Waals surface area (Å²) in [5, 5.41) is 0.166. The third-order valence-electron chi connectivity index (χ3n) is 3.13. The monoisotopic (exact) mass is 270 g/mol. The van der Waals surface area contributed by atoms with Gasteiger partial charge in [0.2, 0.25) is 5.91 Å². The van der Waals surface area contributed by atoms with Crippen LogP contribution in [0.2, 0.25) is 0 Å². The molecule has 0 saturated carbocycles. The lowest BCUT2D eigenvalue weighted by molar-refractivity contribution is -0.115. The van der Waals surface area contributed by atoms with E-state index in [0.717, 1.165) is 12.1 Å². The summed E-state index contributed by atoms with van der Waals surface area (Å²) in [5.74, 6) is 0.714. The fraction of sp³-hybridized carbons (Fsp3) is 0.200. The maximum Gasteiger partial charge on any atom is 0.238 e. The fourth-order valence-electron chi connectivity index (χ4n) is 2.24. The van der Waals surface area contributed by atoms with E-state index in [1.165, 1.54) is 5.56 Å². The zero-order chi connectivity index (χ0) is 13.1. The lowest BCUT2D eigenvalue weighted by Gasteiger charge is -2.23. The minimum Gasteiger partial charge on any atom is -0.297 e. The molecule has 96 valence electrons. The first-order valence-corrected chi connectivity index (χ1v) is 7.27. The van der Waals surface area contributed by atoms with E-state index in [-0.39, 0.29) is 11.3 Å². The number of hydrogen-bond acceptors (Lipinski definition) is 3. The Morgan fingerprint density at radius 2 is 2.05 bits per heavy atom. The maximum absolute atomic E-state index is 12.1. The molecule has 3 rings (SSSR count). The van der Waals surface area contributed by atoms with Crippen molar-refractivity contribution in [3.05, 3.63) is 60.4 Å². The van der Waals surface area contributed by atoms with Gasteiger partial charge in [-0.3, -0.25) is 14.7 Å². The molecular weight excluding hydrogens is 256 g/mol. The molecule has 0 N–H and O–H groups in total. The fourth-order valence-corrected chi connectivity index (χ4v) is 3.42. The van der Waals surface area contributed by atoms with Gasteiger partial charge in [-0.05, 0) is 17.7 Å². The molecule has 1 atom stereocenters. The van der Waals surface area contributed by atoms with Crippen LogP contribution in [0.5, 0.6) is 0 Å². The van der Waals surface area contributed by atoms with E-state index in [1.54, 1.807) is 24.2 Å². The Morgan fingerprint density at radius 1 is 1.21 bits per heavy atom. The molecule has 3 nitrogen and oxygen atoms in total. The van der Waals surface area contributed by atoms with Gasteiger partial charge in [-0.15, -0.1) is 11.8 Å². The number of benzene rings is 1. The van der Waals surface area contributed by atoms with Crippen molar-refractivity contribution in [1.82, 2.24) is 4.98 Å². The van der Waals surface area contributed by atoms with Crippen LogP contribution in [0.15, 0.2) is 54.9 Å². The Hall–Kier alpha value is -1.81. The number of rotatable bonds is 3. The van der Waals surface area contributed by atoms with Gasteiger partial charge in [-0.25, -0.2) is 0 Å². The second-order valence-electron chi connectivity index (χ2n) is 4.43. The highest BCUT2D eigenvalue weighted by Crippen LogP contribution is 2.32. The minimum atomic E-state index is 0.166. The number of pyridine rings is 1. The molecule has 0 spiro atoms. The molecule has 1 aromatic carbocycles. The Bertz CT molecular complexity index is 559. The smallest absolute Gasteiger partial charge is 0.238 e. The maximum atomic E-state index is 12.1. The average Bonchev–Trinajstić information content (AvgIpc) is 2.82. The SMILES string of the molecule is O=C1CS[C@@H](Cc2ccccc2)N1c1cccnc1. The van der Waals surface area contributed by atoms with E-state index in [0.29, 0.717) is 5.75 Å². The first-order chi connectivity index (χ1) is 9.34. The van der Waals surface area contributed by atoms with Gasteiger partial charge in [0, 0.05) is 12.6 Å². The summed E-state index contributed by atoms with van der Waals surface area (Å²) in [6.45, 7) is 0. The summed E-state index contributed by atoms with van der Waals surface area (Å²) < 4.78 is 0. The van der Waals surface area contributed by atoms with E-state index in [4.69, 9.17) is 0 Å². The van der Waals surface area contributed by atoms with Crippen molar-refractivity contribution in [2.24, 2.45) is 0 Å². The van der Waals surface area contributed by atoms with Crippen molar-refractivity contribution < 1.29 is 4.79 Å². The molecule has 2 heterocycles. The molecule has 0 bridgehead atoms. The third-order valence-corrected chi connectivity index (χ3v) is 4.31. The van der Waals surface area contributed by atoms with Crippen molar-refractivity contribution in [1.29, 1.82) is 0 Å². The van der Waals surface area contributed by atoms with Crippen LogP contribution in [-0.4, -0.2) is 22.0 Å². The first kappa shape index (κ1) is 12.2. The predicted octanol–water partition coefficient (Wildman–Crippen LogP) is 2.73. The van der Waals surface area contributed by atoms with Crippen molar-refractivity contribution in [3.63, 3.8) is 0 Å². The molecular formula is C15H14N2OS. The standard InChI is InChI=1S/C15H14N2OS/c18-14-11-19-15(9-12-5-2-1-3-6-12)17(14)13-7-4-8-16-10-13/h1-8,10,15H,9,11H2/t15-/m0/s1. The summed E-state index contributed by atoms with van der Waals surface area (Å²) in [6, 6.07) is 14.1. The van der Waals surface area contributed by atoms with Gasteiger partial charge in [-0.2, -0.15) is 0 Å². The summed E-state index contributed by atoms with van der Waals surface area (Å²) in [7, 11) is 0. The van der Waals surface area contributed by atoms with Crippen LogP contribution in [0, 0.1) is 0 Å². The lowest BCUT2D eigenvalue weighted by atomic mass is 10.1. The van der Waals surface area contributed by atoms with Gasteiger partial charge in [0.1, 0.15) is 0 Å². The number of nitrogens with zero attached hydrogens (tertiary/aromatic N) is 2.